The van der Waals surface area contributed by atoms with E-state index in [1.54, 1.807) is 18.2 Å². The van der Waals surface area contributed by atoms with Gasteiger partial charge in [0.1, 0.15) is 0 Å². The zero-order valence-electron chi connectivity index (χ0n) is 12.0. The van der Waals surface area contributed by atoms with Gasteiger partial charge >= 0.3 is 18.3 Å². The summed E-state index contributed by atoms with van der Waals surface area (Å²) in [4.78, 5) is 47.6. The lowest BCUT2D eigenvalue weighted by Gasteiger charge is -2.16. The second-order valence-electron chi connectivity index (χ2n) is 3.52. The minimum atomic E-state index is -1.23. The highest BCUT2D eigenvalue weighted by molar-refractivity contribution is 5.89. The third kappa shape index (κ3) is 6.09. The van der Waals surface area contributed by atoms with Gasteiger partial charge in [-0.25, -0.2) is 14.4 Å². The van der Waals surface area contributed by atoms with Crippen molar-refractivity contribution in [2.45, 2.75) is 13.8 Å². The van der Waals surface area contributed by atoms with Crippen molar-refractivity contribution in [3.05, 3.63) is 35.9 Å². The lowest BCUT2D eigenvalue weighted by atomic mass is 10.2. The average Bonchev–Trinajstić information content (AvgIpc) is 2.48. The molecule has 0 unspecified atom stereocenters. The van der Waals surface area contributed by atoms with Crippen LogP contribution in [0.25, 0.3) is 0 Å². The fourth-order valence-electron chi connectivity index (χ4n) is 1.16. The van der Waals surface area contributed by atoms with E-state index in [0.29, 0.717) is 0 Å². The fourth-order valence-corrected chi connectivity index (χ4v) is 1.16. The van der Waals surface area contributed by atoms with Crippen LogP contribution in [0.5, 0.6) is 0 Å². The van der Waals surface area contributed by atoms with Crippen LogP contribution in [0.2, 0.25) is 0 Å². The number of benzene rings is 1. The van der Waals surface area contributed by atoms with Gasteiger partial charge in [0.15, 0.2) is 0 Å². The number of carbonyl (C=O) groups excluding carboxylic acids is 3. The summed E-state index contributed by atoms with van der Waals surface area (Å²) in [5.74, 6) is -0.922. The van der Waals surface area contributed by atoms with Crippen LogP contribution in [-0.4, -0.2) is 36.9 Å². The van der Waals surface area contributed by atoms with Crippen LogP contribution in [0.15, 0.2) is 30.3 Å². The van der Waals surface area contributed by atoms with E-state index in [2.05, 4.69) is 24.0 Å². The Bertz CT molecular complexity index is 484. The van der Waals surface area contributed by atoms with Crippen LogP contribution in [0.4, 0.5) is 9.59 Å². The summed E-state index contributed by atoms with van der Waals surface area (Å²) in [6, 6.07) is 7.79. The van der Waals surface area contributed by atoms with Gasteiger partial charge in [-0.1, -0.05) is 18.2 Å². The van der Waals surface area contributed by atoms with Crippen LogP contribution in [0, 0.1) is 0 Å². The SMILES string of the molecule is CCOC(=O)ON(OC(=O)OCC)OC(=O)c1ccccc1. The molecule has 0 saturated heterocycles. The Labute approximate surface area is 126 Å². The zero-order chi connectivity index (χ0) is 16.4. The molecular weight excluding hydrogens is 298 g/mol. The van der Waals surface area contributed by atoms with Gasteiger partial charge < -0.3 is 9.47 Å². The number of nitrogens with zero attached hydrogens (tertiary/aromatic N) is 1. The van der Waals surface area contributed by atoms with Gasteiger partial charge in [0, 0.05) is 0 Å². The Morgan fingerprint density at radius 1 is 0.864 bits per heavy atom. The molecule has 0 atom stereocenters. The van der Waals surface area contributed by atoms with E-state index in [9.17, 15) is 14.4 Å². The topological polar surface area (TPSA) is 101 Å². The molecule has 0 amide bonds. The van der Waals surface area contributed by atoms with Crippen molar-refractivity contribution in [3.8, 4) is 0 Å². The number of ether oxygens (including phenoxy) is 2. The summed E-state index contributed by atoms with van der Waals surface area (Å²) >= 11 is 0. The molecule has 0 bridgehead atoms. The summed E-state index contributed by atoms with van der Waals surface area (Å²) in [6.45, 7) is 3.10. The van der Waals surface area contributed by atoms with Crippen LogP contribution >= 0.6 is 0 Å². The Morgan fingerprint density at radius 3 is 1.82 bits per heavy atom. The Hall–Kier alpha value is -2.81. The minimum Gasteiger partial charge on any atom is -0.433 e. The molecule has 0 radical (unpaired) electrons. The maximum Gasteiger partial charge on any atom is 0.533 e. The maximum atomic E-state index is 11.8. The molecule has 9 nitrogen and oxygen atoms in total. The first-order chi connectivity index (χ1) is 10.6. The van der Waals surface area contributed by atoms with Crippen molar-refractivity contribution in [1.29, 1.82) is 0 Å². The molecular formula is C13H15NO8. The highest BCUT2D eigenvalue weighted by Crippen LogP contribution is 2.06. The molecule has 0 heterocycles. The van der Waals surface area contributed by atoms with Gasteiger partial charge in [-0.05, 0) is 26.0 Å². The lowest BCUT2D eigenvalue weighted by molar-refractivity contribution is -0.458. The Kier molecular flexibility index (Phi) is 7.20. The van der Waals surface area contributed by atoms with Gasteiger partial charge in [-0.3, -0.25) is 14.5 Å². The van der Waals surface area contributed by atoms with E-state index in [1.165, 1.54) is 26.0 Å². The maximum absolute atomic E-state index is 11.8. The summed E-state index contributed by atoms with van der Waals surface area (Å²) in [5, 5.41) is -0.0781. The molecule has 0 N–H and O–H groups in total. The second-order valence-corrected chi connectivity index (χ2v) is 3.52. The van der Waals surface area contributed by atoms with Gasteiger partial charge in [0.2, 0.25) is 5.39 Å². The molecule has 0 aliphatic heterocycles. The van der Waals surface area contributed by atoms with Crippen molar-refractivity contribution in [2.75, 3.05) is 13.2 Å². The third-order valence-corrected chi connectivity index (χ3v) is 1.99. The zero-order valence-corrected chi connectivity index (χ0v) is 12.0. The smallest absolute Gasteiger partial charge is 0.433 e. The summed E-state index contributed by atoms with van der Waals surface area (Å²) in [5.41, 5.74) is 0.146. The van der Waals surface area contributed by atoms with Crippen molar-refractivity contribution in [2.24, 2.45) is 0 Å². The number of hydrogen-bond acceptors (Lipinski definition) is 9. The summed E-state index contributed by atoms with van der Waals surface area (Å²) < 4.78 is 8.95. The van der Waals surface area contributed by atoms with Crippen LogP contribution < -0.4 is 0 Å². The van der Waals surface area contributed by atoms with Gasteiger partial charge in [-0.2, -0.15) is 0 Å². The fraction of sp³-hybridized carbons (Fsp3) is 0.308. The molecule has 0 aliphatic rings. The highest BCUT2D eigenvalue weighted by Gasteiger charge is 2.24. The van der Waals surface area contributed by atoms with Crippen molar-refractivity contribution in [3.63, 3.8) is 0 Å². The second kappa shape index (κ2) is 9.19. The molecule has 0 spiro atoms. The number of hydrogen-bond donors (Lipinski definition) is 0. The van der Waals surface area contributed by atoms with Gasteiger partial charge in [0.05, 0.1) is 18.8 Å². The van der Waals surface area contributed by atoms with E-state index in [4.69, 9.17) is 0 Å². The first-order valence-corrected chi connectivity index (χ1v) is 6.33. The molecule has 9 heteroatoms. The molecule has 1 rings (SSSR count). The monoisotopic (exact) mass is 313 g/mol. The summed E-state index contributed by atoms with van der Waals surface area (Å²) in [6.07, 6.45) is -2.46. The van der Waals surface area contributed by atoms with Crippen LogP contribution in [0.1, 0.15) is 24.2 Å². The molecule has 120 valence electrons. The quantitative estimate of drug-likeness (QED) is 0.578. The first kappa shape index (κ1) is 17.2. The Morgan fingerprint density at radius 2 is 1.36 bits per heavy atom. The van der Waals surface area contributed by atoms with Crippen LogP contribution in [-0.2, 0) is 24.0 Å². The molecule has 0 saturated carbocycles. The van der Waals surface area contributed by atoms with Crippen LogP contribution in [0.3, 0.4) is 0 Å². The molecule has 1 aromatic rings. The largest absolute Gasteiger partial charge is 0.533 e. The molecule has 0 fully saturated rings. The summed E-state index contributed by atoms with van der Waals surface area (Å²) in [7, 11) is 0. The van der Waals surface area contributed by atoms with E-state index >= 15 is 0 Å². The number of rotatable bonds is 6. The van der Waals surface area contributed by atoms with E-state index < -0.39 is 18.3 Å². The average molecular weight is 313 g/mol. The van der Waals surface area contributed by atoms with E-state index in [-0.39, 0.29) is 24.2 Å². The van der Waals surface area contributed by atoms with E-state index in [0.717, 1.165) is 0 Å². The lowest BCUT2D eigenvalue weighted by Crippen LogP contribution is -2.33. The predicted molar refractivity (Wildman–Crippen MR) is 69.9 cm³/mol. The predicted octanol–water partition coefficient (Wildman–Crippen LogP) is 2.24. The van der Waals surface area contributed by atoms with Gasteiger partial charge in [0.25, 0.3) is 0 Å². The molecule has 0 aliphatic carbocycles. The van der Waals surface area contributed by atoms with Gasteiger partial charge in [-0.15, -0.1) is 0 Å². The molecule has 22 heavy (non-hydrogen) atoms. The highest BCUT2D eigenvalue weighted by atomic mass is 17.2. The third-order valence-electron chi connectivity index (χ3n) is 1.99. The normalized spacial score (nSPS) is 9.77. The molecule has 0 aromatic heterocycles. The molecule has 1 aromatic carbocycles. The Balaban J connectivity index is 2.69. The minimum absolute atomic E-state index is 0.0126. The number of carbonyl (C=O) groups is 3. The van der Waals surface area contributed by atoms with Crippen molar-refractivity contribution < 1.29 is 38.4 Å². The standard InChI is InChI=1S/C13H15NO8/c1-3-18-12(16)21-14(22-13(17)19-4-2)20-11(15)10-8-6-5-7-9-10/h5-9H,3-4H2,1-2H3. The first-order valence-electron chi connectivity index (χ1n) is 6.33. The van der Waals surface area contributed by atoms with Crippen molar-refractivity contribution in [1.82, 2.24) is 5.39 Å². The van der Waals surface area contributed by atoms with Crippen molar-refractivity contribution >= 4 is 18.3 Å². The van der Waals surface area contributed by atoms with E-state index in [1.807, 2.05) is 0 Å².